The third-order valence-electron chi connectivity index (χ3n) is 2.58. The molecule has 0 aliphatic carbocycles. The zero-order valence-corrected chi connectivity index (χ0v) is 9.53. The molecule has 0 N–H and O–H groups in total. The predicted octanol–water partition coefficient (Wildman–Crippen LogP) is 2.10. The first-order chi connectivity index (χ1) is 5.19. The van der Waals surface area contributed by atoms with E-state index >= 15 is 0 Å². The molecule has 0 saturated carbocycles. The Balaban J connectivity index is 4.43. The van der Waals surface area contributed by atoms with Gasteiger partial charge in [0.25, 0.3) is 0 Å². The van der Waals surface area contributed by atoms with Crippen LogP contribution in [0.5, 0.6) is 0 Å². The van der Waals surface area contributed by atoms with Crippen molar-refractivity contribution in [1.82, 2.24) is 0 Å². The van der Waals surface area contributed by atoms with Crippen molar-refractivity contribution >= 4 is 9.84 Å². The van der Waals surface area contributed by atoms with E-state index in [1.54, 1.807) is 0 Å². The zero-order valence-electron chi connectivity index (χ0n) is 8.72. The number of hydrogen-bond donors (Lipinski definition) is 0. The highest BCUT2D eigenvalue weighted by molar-refractivity contribution is 7.90. The topological polar surface area (TPSA) is 34.1 Å². The van der Waals surface area contributed by atoms with Crippen LogP contribution < -0.4 is 0 Å². The van der Waals surface area contributed by atoms with Crippen LogP contribution in [-0.2, 0) is 9.84 Å². The molecule has 1 atom stereocenters. The first-order valence-corrected chi connectivity index (χ1v) is 6.43. The van der Waals surface area contributed by atoms with E-state index in [1.165, 1.54) is 6.26 Å². The minimum Gasteiger partial charge on any atom is -0.229 e. The Bertz CT molecular complexity index is 227. The van der Waals surface area contributed by atoms with Crippen molar-refractivity contribution in [3.05, 3.63) is 0 Å². The van der Waals surface area contributed by atoms with E-state index in [0.29, 0.717) is 5.92 Å². The quantitative estimate of drug-likeness (QED) is 0.683. The van der Waals surface area contributed by atoms with Crippen molar-refractivity contribution in [2.75, 3.05) is 12.0 Å². The van der Waals surface area contributed by atoms with Crippen LogP contribution in [0, 0.1) is 11.3 Å². The lowest BCUT2D eigenvalue weighted by Crippen LogP contribution is -2.29. The van der Waals surface area contributed by atoms with Crippen LogP contribution in [0.1, 0.15) is 34.1 Å². The Morgan fingerprint density at radius 2 is 1.75 bits per heavy atom. The fraction of sp³-hybridized carbons (Fsp3) is 1.00. The second kappa shape index (κ2) is 3.77. The second-order valence-electron chi connectivity index (χ2n) is 4.37. The minimum atomic E-state index is -2.84. The van der Waals surface area contributed by atoms with Crippen molar-refractivity contribution in [3.8, 4) is 0 Å². The first-order valence-electron chi connectivity index (χ1n) is 4.37. The Hall–Kier alpha value is -0.0500. The lowest BCUT2D eigenvalue weighted by atomic mass is 9.80. The molecule has 0 aliphatic heterocycles. The maximum absolute atomic E-state index is 11.1. The fourth-order valence-electron chi connectivity index (χ4n) is 1.37. The Morgan fingerprint density at radius 3 is 2.00 bits per heavy atom. The Morgan fingerprint density at radius 1 is 1.33 bits per heavy atom. The van der Waals surface area contributed by atoms with Gasteiger partial charge in [-0.05, 0) is 11.3 Å². The molecule has 12 heavy (non-hydrogen) atoms. The molecule has 0 aromatic rings. The molecule has 0 radical (unpaired) electrons. The van der Waals surface area contributed by atoms with Crippen LogP contribution in [0.2, 0.25) is 0 Å². The van der Waals surface area contributed by atoms with Crippen molar-refractivity contribution in [2.45, 2.75) is 34.1 Å². The average molecular weight is 192 g/mol. The van der Waals surface area contributed by atoms with Crippen molar-refractivity contribution in [3.63, 3.8) is 0 Å². The van der Waals surface area contributed by atoms with Crippen molar-refractivity contribution in [2.24, 2.45) is 11.3 Å². The molecular formula is C9H20O2S. The molecule has 74 valence electrons. The molecule has 0 aliphatic rings. The van der Waals surface area contributed by atoms with Gasteiger partial charge in [0.15, 0.2) is 0 Å². The predicted molar refractivity (Wildman–Crippen MR) is 52.9 cm³/mol. The highest BCUT2D eigenvalue weighted by Crippen LogP contribution is 2.30. The van der Waals surface area contributed by atoms with Crippen molar-refractivity contribution < 1.29 is 8.42 Å². The third kappa shape index (κ3) is 4.10. The zero-order chi connectivity index (χ0) is 9.99. The molecule has 0 saturated heterocycles. The summed E-state index contributed by atoms with van der Waals surface area (Å²) in [5.74, 6) is 0.738. The van der Waals surface area contributed by atoms with Gasteiger partial charge in [0.2, 0.25) is 0 Å². The Labute approximate surface area is 76.3 Å². The van der Waals surface area contributed by atoms with E-state index in [0.717, 1.165) is 6.42 Å². The summed E-state index contributed by atoms with van der Waals surface area (Å²) >= 11 is 0. The molecule has 0 spiro atoms. The largest absolute Gasteiger partial charge is 0.229 e. The van der Waals surface area contributed by atoms with Gasteiger partial charge < -0.3 is 0 Å². The molecule has 0 rings (SSSR count). The monoisotopic (exact) mass is 192 g/mol. The molecule has 0 aromatic carbocycles. The van der Waals surface area contributed by atoms with E-state index in [9.17, 15) is 8.42 Å². The smallest absolute Gasteiger partial charge is 0.147 e. The molecule has 1 unspecified atom stereocenters. The third-order valence-corrected chi connectivity index (χ3v) is 3.85. The van der Waals surface area contributed by atoms with Gasteiger partial charge in [-0.3, -0.25) is 0 Å². The van der Waals surface area contributed by atoms with Gasteiger partial charge in [-0.15, -0.1) is 0 Å². The molecule has 0 aromatic heterocycles. The molecule has 0 heterocycles. The molecule has 0 fully saturated rings. The normalized spacial score (nSPS) is 16.1. The molecule has 2 nitrogen and oxygen atoms in total. The maximum atomic E-state index is 11.1. The average Bonchev–Trinajstić information content (AvgIpc) is 1.80. The number of sulfone groups is 1. The highest BCUT2D eigenvalue weighted by atomic mass is 32.2. The number of hydrogen-bond acceptors (Lipinski definition) is 2. The van der Waals surface area contributed by atoms with Gasteiger partial charge in [0.1, 0.15) is 9.84 Å². The number of rotatable bonds is 4. The van der Waals surface area contributed by atoms with E-state index < -0.39 is 9.84 Å². The summed E-state index contributed by atoms with van der Waals surface area (Å²) in [7, 11) is -2.84. The van der Waals surface area contributed by atoms with Crippen LogP contribution in [-0.4, -0.2) is 20.4 Å². The highest BCUT2D eigenvalue weighted by Gasteiger charge is 2.28. The van der Waals surface area contributed by atoms with E-state index in [4.69, 9.17) is 0 Å². The molecule has 0 amide bonds. The van der Waals surface area contributed by atoms with Crippen LogP contribution in [0.25, 0.3) is 0 Å². The lowest BCUT2D eigenvalue weighted by molar-refractivity contribution is 0.258. The van der Waals surface area contributed by atoms with E-state index in [2.05, 4.69) is 13.8 Å². The summed E-state index contributed by atoms with van der Waals surface area (Å²) < 4.78 is 22.1. The van der Waals surface area contributed by atoms with Crippen LogP contribution >= 0.6 is 0 Å². The summed E-state index contributed by atoms with van der Waals surface area (Å²) in [5.41, 5.74) is -0.0949. The van der Waals surface area contributed by atoms with Crippen molar-refractivity contribution in [1.29, 1.82) is 0 Å². The standard InChI is InChI=1S/C9H20O2S/c1-6-8(2)9(3,4)7-12(5,10)11/h8H,6-7H2,1-5H3. The first kappa shape index (κ1) is 11.9. The lowest BCUT2D eigenvalue weighted by Gasteiger charge is -2.30. The molecule has 3 heteroatoms. The summed E-state index contributed by atoms with van der Waals surface area (Å²) in [5, 5.41) is 0. The van der Waals surface area contributed by atoms with Crippen LogP contribution in [0.15, 0.2) is 0 Å². The van der Waals surface area contributed by atoms with E-state index in [1.807, 2.05) is 13.8 Å². The van der Waals surface area contributed by atoms with Crippen LogP contribution in [0.3, 0.4) is 0 Å². The van der Waals surface area contributed by atoms with Gasteiger partial charge in [0.05, 0.1) is 5.75 Å². The van der Waals surface area contributed by atoms with E-state index in [-0.39, 0.29) is 11.2 Å². The fourth-order valence-corrected chi connectivity index (χ4v) is 3.01. The summed E-state index contributed by atoms with van der Waals surface area (Å²) in [6.45, 7) is 8.23. The van der Waals surface area contributed by atoms with Crippen LogP contribution in [0.4, 0.5) is 0 Å². The summed E-state index contributed by atoms with van der Waals surface area (Å²) in [4.78, 5) is 0. The summed E-state index contributed by atoms with van der Waals surface area (Å²) in [6.07, 6.45) is 2.33. The maximum Gasteiger partial charge on any atom is 0.147 e. The molecule has 0 bridgehead atoms. The second-order valence-corrected chi connectivity index (χ2v) is 6.51. The van der Waals surface area contributed by atoms with Gasteiger partial charge in [-0.1, -0.05) is 34.1 Å². The molecular weight excluding hydrogens is 172 g/mol. The van der Waals surface area contributed by atoms with Gasteiger partial charge in [-0.25, -0.2) is 8.42 Å². The van der Waals surface area contributed by atoms with Gasteiger partial charge in [-0.2, -0.15) is 0 Å². The summed E-state index contributed by atoms with van der Waals surface area (Å²) in [6, 6.07) is 0. The van der Waals surface area contributed by atoms with Gasteiger partial charge >= 0.3 is 0 Å². The SMILES string of the molecule is CCC(C)C(C)(C)CS(C)(=O)=O. The Kier molecular flexibility index (Phi) is 3.76. The minimum absolute atomic E-state index is 0.0949. The van der Waals surface area contributed by atoms with Gasteiger partial charge in [0, 0.05) is 6.26 Å².